The second kappa shape index (κ2) is 8.85. The number of hydrogen-bond donors (Lipinski definition) is 0. The third-order valence-corrected chi connectivity index (χ3v) is 10.9. The molecule has 4 aromatic carbocycles. The first-order valence-corrected chi connectivity index (χ1v) is 14.8. The van der Waals surface area contributed by atoms with Crippen molar-refractivity contribution in [2.45, 2.75) is 47.3 Å². The molecule has 0 aromatic heterocycles. The topological polar surface area (TPSA) is 102 Å². The van der Waals surface area contributed by atoms with E-state index < -0.39 is 42.4 Å². The van der Waals surface area contributed by atoms with Crippen LogP contribution < -0.4 is 0 Å². The molecule has 0 radical (unpaired) electrons. The zero-order chi connectivity index (χ0) is 27.6. The minimum absolute atomic E-state index is 0.0345. The molecule has 4 aromatic rings. The van der Waals surface area contributed by atoms with E-state index in [9.17, 15) is 26.4 Å². The van der Waals surface area contributed by atoms with E-state index in [0.717, 1.165) is 11.1 Å². The van der Waals surface area contributed by atoms with Gasteiger partial charge in [0.15, 0.2) is 11.6 Å². The number of rotatable bonds is 4. The van der Waals surface area contributed by atoms with E-state index in [4.69, 9.17) is 0 Å². The predicted molar refractivity (Wildman–Crippen MR) is 142 cm³/mol. The molecule has 0 heterocycles. The summed E-state index contributed by atoms with van der Waals surface area (Å²) < 4.78 is 56.0. The number of ketones is 2. The zero-order valence-electron chi connectivity index (χ0n) is 21.2. The molecule has 0 aliphatic heterocycles. The van der Waals surface area contributed by atoms with Crippen LogP contribution in [0.4, 0.5) is 0 Å². The second-order valence-electron chi connectivity index (χ2n) is 9.50. The molecule has 5 rings (SSSR count). The fourth-order valence-electron chi connectivity index (χ4n) is 4.87. The molecule has 0 saturated heterocycles. The maximum Gasteiger partial charge on any atom is 0.207 e. The van der Waals surface area contributed by atoms with Crippen molar-refractivity contribution in [1.29, 1.82) is 0 Å². The van der Waals surface area contributed by atoms with E-state index in [1.807, 2.05) is 13.8 Å². The first kappa shape index (κ1) is 25.8. The molecular weight excluding hydrogens is 520 g/mol. The Morgan fingerprint density at radius 3 is 1.11 bits per heavy atom. The fourth-order valence-corrected chi connectivity index (χ4v) is 8.37. The van der Waals surface area contributed by atoms with Gasteiger partial charge >= 0.3 is 0 Å². The Hall–Kier alpha value is -3.88. The van der Waals surface area contributed by atoms with Gasteiger partial charge < -0.3 is 0 Å². The highest BCUT2D eigenvalue weighted by Gasteiger charge is 2.42. The lowest BCUT2D eigenvalue weighted by Gasteiger charge is -2.26. The van der Waals surface area contributed by atoms with Gasteiger partial charge in [-0.1, -0.05) is 59.7 Å². The number of hydrogen-bond acceptors (Lipinski definition) is 6. The molecule has 0 unspecified atom stereocenters. The summed E-state index contributed by atoms with van der Waals surface area (Å²) in [6.45, 7) is 6.58. The van der Waals surface area contributed by atoms with Crippen LogP contribution >= 0.6 is 0 Å². The van der Waals surface area contributed by atoms with Crippen molar-refractivity contribution in [2.75, 3.05) is 0 Å². The molecule has 0 atom stereocenters. The third kappa shape index (κ3) is 3.75. The summed E-state index contributed by atoms with van der Waals surface area (Å²) in [5.74, 6) is -1.41. The maximum absolute atomic E-state index is 14.0. The standard InChI is InChI=1S/C30H24O6S2/c1-17-9-13-21(14-10-17)37(33,34)29-19(3)20(4)30(38(35,36)22-15-11-18(2)12-16-22)26-25(29)27(31)23-7-5-6-8-24(23)28(26)32/h5-16H,1-4H3. The van der Waals surface area contributed by atoms with Gasteiger partial charge in [-0.25, -0.2) is 16.8 Å². The van der Waals surface area contributed by atoms with Crippen molar-refractivity contribution in [3.63, 3.8) is 0 Å². The maximum atomic E-state index is 14.0. The smallest absolute Gasteiger partial charge is 0.207 e. The Balaban J connectivity index is 1.95. The monoisotopic (exact) mass is 544 g/mol. The van der Waals surface area contributed by atoms with E-state index in [1.165, 1.54) is 50.2 Å². The minimum atomic E-state index is -4.31. The van der Waals surface area contributed by atoms with Crippen LogP contribution in [0.1, 0.15) is 54.1 Å². The predicted octanol–water partition coefficient (Wildman–Crippen LogP) is 5.36. The average Bonchev–Trinajstić information content (AvgIpc) is 2.88. The summed E-state index contributed by atoms with van der Waals surface area (Å²) in [6, 6.07) is 18.4. The second-order valence-corrected chi connectivity index (χ2v) is 13.3. The molecule has 38 heavy (non-hydrogen) atoms. The lowest BCUT2D eigenvalue weighted by Crippen LogP contribution is -2.28. The Labute approximate surface area is 221 Å². The molecule has 8 heteroatoms. The number of sulfone groups is 2. The summed E-state index contributed by atoms with van der Waals surface area (Å²) in [6.07, 6.45) is 0. The van der Waals surface area contributed by atoms with E-state index in [2.05, 4.69) is 0 Å². The van der Waals surface area contributed by atoms with Crippen LogP contribution in [0.2, 0.25) is 0 Å². The number of carbonyl (C=O) groups excluding carboxylic acids is 2. The molecule has 0 N–H and O–H groups in total. The quantitative estimate of drug-likeness (QED) is 0.302. The van der Waals surface area contributed by atoms with Gasteiger partial charge in [-0.2, -0.15) is 0 Å². The Morgan fingerprint density at radius 2 is 0.789 bits per heavy atom. The lowest BCUT2D eigenvalue weighted by atomic mass is 9.82. The van der Waals surface area contributed by atoms with Crippen LogP contribution in [0.5, 0.6) is 0 Å². The van der Waals surface area contributed by atoms with Crippen LogP contribution in [0.25, 0.3) is 0 Å². The summed E-state index contributed by atoms with van der Waals surface area (Å²) in [7, 11) is -8.62. The van der Waals surface area contributed by atoms with Crippen molar-refractivity contribution >= 4 is 31.2 Å². The van der Waals surface area contributed by atoms with Crippen molar-refractivity contribution in [2.24, 2.45) is 0 Å². The van der Waals surface area contributed by atoms with Gasteiger partial charge in [0, 0.05) is 11.1 Å². The molecule has 0 spiro atoms. The van der Waals surface area contributed by atoms with Crippen LogP contribution in [0.3, 0.4) is 0 Å². The molecular formula is C30H24O6S2. The van der Waals surface area contributed by atoms with Gasteiger partial charge in [0.25, 0.3) is 0 Å². The highest BCUT2D eigenvalue weighted by atomic mass is 32.2. The molecule has 0 amide bonds. The summed E-state index contributed by atoms with van der Waals surface area (Å²) in [4.78, 5) is 27.0. The third-order valence-electron chi connectivity index (χ3n) is 7.02. The zero-order valence-corrected chi connectivity index (χ0v) is 22.8. The number of carbonyl (C=O) groups is 2. The molecule has 1 aliphatic carbocycles. The molecule has 0 bridgehead atoms. The average molecular weight is 545 g/mol. The van der Waals surface area contributed by atoms with E-state index in [1.54, 1.807) is 36.4 Å². The van der Waals surface area contributed by atoms with E-state index in [0.29, 0.717) is 0 Å². The van der Waals surface area contributed by atoms with Gasteiger partial charge in [0.1, 0.15) is 0 Å². The van der Waals surface area contributed by atoms with E-state index in [-0.39, 0.29) is 41.8 Å². The van der Waals surface area contributed by atoms with Gasteiger partial charge in [-0.3, -0.25) is 9.59 Å². The normalized spacial score (nSPS) is 13.3. The number of aryl methyl sites for hydroxylation is 2. The van der Waals surface area contributed by atoms with Gasteiger partial charge in [0.05, 0.1) is 30.7 Å². The molecule has 0 saturated carbocycles. The van der Waals surface area contributed by atoms with Crippen molar-refractivity contribution in [3.05, 3.63) is 117 Å². The largest absolute Gasteiger partial charge is 0.289 e. The van der Waals surface area contributed by atoms with Crippen molar-refractivity contribution < 1.29 is 26.4 Å². The first-order chi connectivity index (χ1) is 17.9. The van der Waals surface area contributed by atoms with Gasteiger partial charge in [-0.15, -0.1) is 0 Å². The van der Waals surface area contributed by atoms with Crippen LogP contribution in [0.15, 0.2) is 92.4 Å². The first-order valence-electron chi connectivity index (χ1n) is 11.9. The molecule has 1 aliphatic rings. The van der Waals surface area contributed by atoms with E-state index >= 15 is 0 Å². The molecule has 6 nitrogen and oxygen atoms in total. The summed E-state index contributed by atoms with van der Waals surface area (Å²) >= 11 is 0. The summed E-state index contributed by atoms with van der Waals surface area (Å²) in [5.41, 5.74) is 1.17. The minimum Gasteiger partial charge on any atom is -0.289 e. The van der Waals surface area contributed by atoms with Gasteiger partial charge in [0.2, 0.25) is 19.7 Å². The van der Waals surface area contributed by atoms with Crippen molar-refractivity contribution in [1.82, 2.24) is 0 Å². The lowest BCUT2D eigenvalue weighted by molar-refractivity contribution is 0.0974. The van der Waals surface area contributed by atoms with Crippen LogP contribution in [0, 0.1) is 27.7 Å². The van der Waals surface area contributed by atoms with Crippen molar-refractivity contribution in [3.8, 4) is 0 Å². The summed E-state index contributed by atoms with van der Waals surface area (Å²) in [5, 5.41) is 0. The Morgan fingerprint density at radius 1 is 0.474 bits per heavy atom. The van der Waals surface area contributed by atoms with Crippen LogP contribution in [-0.4, -0.2) is 28.4 Å². The number of benzene rings is 4. The number of fused-ring (bicyclic) bond motifs is 2. The highest BCUT2D eigenvalue weighted by Crippen LogP contribution is 2.43. The van der Waals surface area contributed by atoms with Gasteiger partial charge in [-0.05, 0) is 63.1 Å². The molecule has 192 valence electrons. The SMILES string of the molecule is Cc1ccc(S(=O)(=O)c2c(C)c(C)c(S(=O)(=O)c3ccc(C)cc3)c3c2C(=O)c2ccccc2C3=O)cc1. The molecule has 0 fully saturated rings. The highest BCUT2D eigenvalue weighted by molar-refractivity contribution is 7.92. The fraction of sp³-hybridized carbons (Fsp3) is 0.133. The Bertz CT molecular complexity index is 1740. The van der Waals surface area contributed by atoms with Crippen LogP contribution in [-0.2, 0) is 19.7 Å². The Kier molecular flexibility index (Phi) is 6.00.